The first-order valence-electron chi connectivity index (χ1n) is 9.63. The van der Waals surface area contributed by atoms with Crippen molar-refractivity contribution in [3.63, 3.8) is 0 Å². The van der Waals surface area contributed by atoms with Crippen LogP contribution < -0.4 is 0 Å². The van der Waals surface area contributed by atoms with Crippen LogP contribution in [0.4, 0.5) is 0 Å². The maximum atomic E-state index is 2.55. The molecule has 0 atom stereocenters. The molecule has 1 aliphatic carbocycles. The highest BCUT2D eigenvalue weighted by molar-refractivity contribution is 4.66. The Bertz CT molecular complexity index is 86.4. The summed E-state index contributed by atoms with van der Waals surface area (Å²) in [6.45, 7) is 0. The van der Waals surface area contributed by atoms with E-state index in [-0.39, 0.29) is 0 Å². The summed E-state index contributed by atoms with van der Waals surface area (Å²) in [5.74, 6) is 0. The van der Waals surface area contributed by atoms with E-state index >= 15 is 0 Å². The lowest BCUT2D eigenvalue weighted by Gasteiger charge is -2.05. The SMILES string of the molecule is [CH]1CCCCCCCCC[CH]CCCCCCCCC1. The normalized spacial score (nSPS) is 24.0. The third-order valence-electron chi connectivity index (χ3n) is 4.63. The zero-order valence-electron chi connectivity index (χ0n) is 13.9. The lowest BCUT2D eigenvalue weighted by molar-refractivity contribution is 0.548. The van der Waals surface area contributed by atoms with E-state index in [1.807, 2.05) is 0 Å². The first-order chi connectivity index (χ1) is 10.0. The Hall–Kier alpha value is 0. The standard InChI is InChI=1S/C20H38/c1-2-4-6-8-10-12-14-16-18-20-19-17-15-13-11-9-7-5-3-1/h1,20H,2-19H2. The van der Waals surface area contributed by atoms with Gasteiger partial charge < -0.3 is 0 Å². The Labute approximate surface area is 129 Å². The molecular formula is C20H38. The molecule has 1 saturated carbocycles. The van der Waals surface area contributed by atoms with E-state index in [1.54, 1.807) is 0 Å². The smallest absolute Gasteiger partial charge is 0.0386 e. The zero-order chi connectivity index (χ0) is 14.1. The molecule has 0 aliphatic heterocycles. The van der Waals surface area contributed by atoms with Gasteiger partial charge in [0, 0.05) is 0 Å². The summed E-state index contributed by atoms with van der Waals surface area (Å²) in [6, 6.07) is 0. The van der Waals surface area contributed by atoms with Gasteiger partial charge in [0.2, 0.25) is 0 Å². The monoisotopic (exact) mass is 278 g/mol. The number of hydrogen-bond donors (Lipinski definition) is 0. The lowest BCUT2D eigenvalue weighted by atomic mass is 10.0. The Morgan fingerprint density at radius 3 is 0.700 bits per heavy atom. The highest BCUT2D eigenvalue weighted by Crippen LogP contribution is 2.16. The summed E-state index contributed by atoms with van der Waals surface area (Å²) in [5, 5.41) is 0. The van der Waals surface area contributed by atoms with E-state index in [1.165, 1.54) is 116 Å². The van der Waals surface area contributed by atoms with Crippen LogP contribution in [0.1, 0.15) is 116 Å². The third kappa shape index (κ3) is 13.0. The number of rotatable bonds is 0. The molecule has 20 heavy (non-hydrogen) atoms. The van der Waals surface area contributed by atoms with Crippen LogP contribution in [-0.4, -0.2) is 0 Å². The van der Waals surface area contributed by atoms with Crippen molar-refractivity contribution >= 4 is 0 Å². The molecule has 0 aromatic heterocycles. The molecule has 0 N–H and O–H groups in total. The van der Waals surface area contributed by atoms with Gasteiger partial charge >= 0.3 is 0 Å². The Balaban J connectivity index is 2.00. The minimum absolute atomic E-state index is 1.37. The summed E-state index contributed by atoms with van der Waals surface area (Å²) in [4.78, 5) is 0. The first-order valence-corrected chi connectivity index (χ1v) is 9.63. The molecule has 0 nitrogen and oxygen atoms in total. The van der Waals surface area contributed by atoms with Gasteiger partial charge in [0.15, 0.2) is 0 Å². The van der Waals surface area contributed by atoms with Crippen LogP contribution in [0, 0.1) is 12.8 Å². The summed E-state index contributed by atoms with van der Waals surface area (Å²) in [6.07, 6.45) is 31.0. The Morgan fingerprint density at radius 1 is 0.250 bits per heavy atom. The van der Waals surface area contributed by atoms with Gasteiger partial charge in [0.05, 0.1) is 0 Å². The van der Waals surface area contributed by atoms with Crippen LogP contribution in [0.5, 0.6) is 0 Å². The van der Waals surface area contributed by atoms with E-state index in [0.717, 1.165) is 0 Å². The quantitative estimate of drug-likeness (QED) is 0.432. The molecule has 118 valence electrons. The van der Waals surface area contributed by atoms with Crippen molar-refractivity contribution < 1.29 is 0 Å². The molecule has 0 aromatic rings. The Kier molecular flexibility index (Phi) is 13.9. The van der Waals surface area contributed by atoms with Crippen LogP contribution in [0.25, 0.3) is 0 Å². The van der Waals surface area contributed by atoms with Gasteiger partial charge in [-0.25, -0.2) is 0 Å². The van der Waals surface area contributed by atoms with Crippen molar-refractivity contribution in [2.75, 3.05) is 0 Å². The second-order valence-electron chi connectivity index (χ2n) is 6.68. The van der Waals surface area contributed by atoms with Gasteiger partial charge in [-0.05, 0) is 12.8 Å². The van der Waals surface area contributed by atoms with Crippen LogP contribution >= 0.6 is 0 Å². The van der Waals surface area contributed by atoms with E-state index in [9.17, 15) is 0 Å². The lowest BCUT2D eigenvalue weighted by Crippen LogP contribution is -1.86. The van der Waals surface area contributed by atoms with Crippen molar-refractivity contribution in [2.24, 2.45) is 0 Å². The average molecular weight is 279 g/mol. The van der Waals surface area contributed by atoms with E-state index in [0.29, 0.717) is 0 Å². The van der Waals surface area contributed by atoms with Crippen molar-refractivity contribution in [3.8, 4) is 0 Å². The molecule has 1 rings (SSSR count). The molecule has 2 radical (unpaired) electrons. The van der Waals surface area contributed by atoms with Crippen LogP contribution in [0.3, 0.4) is 0 Å². The molecule has 0 saturated heterocycles. The fraction of sp³-hybridized carbons (Fsp3) is 0.900. The van der Waals surface area contributed by atoms with Gasteiger partial charge in [-0.3, -0.25) is 0 Å². The molecule has 0 bridgehead atoms. The van der Waals surface area contributed by atoms with Gasteiger partial charge in [-0.15, -0.1) is 0 Å². The molecule has 0 unspecified atom stereocenters. The largest absolute Gasteiger partial charge is 0.0533 e. The predicted molar refractivity (Wildman–Crippen MR) is 91.7 cm³/mol. The summed E-state index contributed by atoms with van der Waals surface area (Å²) in [5.41, 5.74) is 0. The molecule has 0 aromatic carbocycles. The Morgan fingerprint density at radius 2 is 0.450 bits per heavy atom. The van der Waals surface area contributed by atoms with Crippen molar-refractivity contribution in [3.05, 3.63) is 12.8 Å². The van der Waals surface area contributed by atoms with Crippen molar-refractivity contribution in [1.29, 1.82) is 0 Å². The van der Waals surface area contributed by atoms with Crippen molar-refractivity contribution in [2.45, 2.75) is 116 Å². The molecule has 0 amide bonds. The molecule has 1 fully saturated rings. The first kappa shape index (κ1) is 18.1. The fourth-order valence-electron chi connectivity index (χ4n) is 3.21. The summed E-state index contributed by atoms with van der Waals surface area (Å²) < 4.78 is 0. The summed E-state index contributed by atoms with van der Waals surface area (Å²) >= 11 is 0. The highest BCUT2D eigenvalue weighted by Gasteiger charge is 1.97. The van der Waals surface area contributed by atoms with Gasteiger partial charge in [-0.2, -0.15) is 0 Å². The van der Waals surface area contributed by atoms with Gasteiger partial charge in [0.1, 0.15) is 0 Å². The van der Waals surface area contributed by atoms with Crippen molar-refractivity contribution in [1.82, 2.24) is 0 Å². The minimum Gasteiger partial charge on any atom is -0.0533 e. The topological polar surface area (TPSA) is 0 Å². The minimum atomic E-state index is 1.37. The molecule has 0 spiro atoms. The summed E-state index contributed by atoms with van der Waals surface area (Å²) in [7, 11) is 0. The fourth-order valence-corrected chi connectivity index (χ4v) is 3.21. The van der Waals surface area contributed by atoms with E-state index < -0.39 is 0 Å². The maximum Gasteiger partial charge on any atom is -0.0386 e. The second-order valence-corrected chi connectivity index (χ2v) is 6.68. The third-order valence-corrected chi connectivity index (χ3v) is 4.63. The maximum absolute atomic E-state index is 2.55. The van der Waals surface area contributed by atoms with Crippen LogP contribution in [0.15, 0.2) is 0 Å². The molecule has 1 aliphatic rings. The van der Waals surface area contributed by atoms with Gasteiger partial charge in [-0.1, -0.05) is 116 Å². The molecule has 0 heterocycles. The zero-order valence-corrected chi connectivity index (χ0v) is 13.9. The molecule has 0 heteroatoms. The highest BCUT2D eigenvalue weighted by atomic mass is 14.0. The van der Waals surface area contributed by atoms with E-state index in [2.05, 4.69) is 12.8 Å². The van der Waals surface area contributed by atoms with Crippen LogP contribution in [0.2, 0.25) is 0 Å². The average Bonchev–Trinajstić information content (AvgIpc) is 2.46. The predicted octanol–water partition coefficient (Wildman–Crippen LogP) is 7.43. The van der Waals surface area contributed by atoms with Gasteiger partial charge in [0.25, 0.3) is 0 Å². The second kappa shape index (κ2) is 15.4. The number of hydrogen-bond acceptors (Lipinski definition) is 0. The van der Waals surface area contributed by atoms with Crippen LogP contribution in [-0.2, 0) is 0 Å². The van der Waals surface area contributed by atoms with E-state index in [4.69, 9.17) is 0 Å². The molecular weight excluding hydrogens is 240 g/mol.